The van der Waals surface area contributed by atoms with Crippen LogP contribution in [0.2, 0.25) is 5.02 Å². The minimum Gasteiger partial charge on any atom is -0.476 e. The van der Waals surface area contributed by atoms with Crippen molar-refractivity contribution in [2.45, 2.75) is 44.9 Å². The molecule has 0 aliphatic heterocycles. The SMILES string of the molecule is C[C@@H](OC[C@H](O)CNC(C)(C)Cc1ccc(Cl)c(F)c1)c1ccccc1-c1nc(C(=O)O)cs1. The summed E-state index contributed by atoms with van der Waals surface area (Å²) >= 11 is 7.02. The van der Waals surface area contributed by atoms with Gasteiger partial charge in [-0.05, 0) is 50.5 Å². The lowest BCUT2D eigenvalue weighted by molar-refractivity contribution is -0.00397. The molecule has 0 aliphatic rings. The highest BCUT2D eigenvalue weighted by Gasteiger charge is 2.21. The van der Waals surface area contributed by atoms with Gasteiger partial charge in [-0.15, -0.1) is 11.3 Å². The van der Waals surface area contributed by atoms with Crippen LogP contribution in [-0.4, -0.2) is 46.0 Å². The molecule has 6 nitrogen and oxygen atoms in total. The van der Waals surface area contributed by atoms with Gasteiger partial charge in [-0.25, -0.2) is 14.2 Å². The Kier molecular flexibility index (Phi) is 8.78. The molecule has 2 aromatic carbocycles. The van der Waals surface area contributed by atoms with Crippen molar-refractivity contribution in [3.8, 4) is 10.6 Å². The zero-order valence-electron chi connectivity index (χ0n) is 19.2. The molecule has 9 heteroatoms. The van der Waals surface area contributed by atoms with Gasteiger partial charge >= 0.3 is 5.97 Å². The molecule has 3 aromatic rings. The number of nitrogens with one attached hydrogen (secondary N) is 1. The lowest BCUT2D eigenvalue weighted by Gasteiger charge is -2.28. The zero-order valence-corrected chi connectivity index (χ0v) is 20.8. The Hall–Kier alpha value is -2.36. The molecule has 1 heterocycles. The van der Waals surface area contributed by atoms with Gasteiger partial charge in [-0.3, -0.25) is 0 Å². The number of carbonyl (C=O) groups is 1. The lowest BCUT2D eigenvalue weighted by atomic mass is 9.94. The van der Waals surface area contributed by atoms with E-state index >= 15 is 0 Å². The largest absolute Gasteiger partial charge is 0.476 e. The van der Waals surface area contributed by atoms with Crippen LogP contribution in [-0.2, 0) is 11.2 Å². The second-order valence-electron chi connectivity index (χ2n) is 8.75. The fourth-order valence-corrected chi connectivity index (χ4v) is 4.52. The van der Waals surface area contributed by atoms with E-state index in [0.29, 0.717) is 18.0 Å². The van der Waals surface area contributed by atoms with E-state index in [1.807, 2.05) is 45.0 Å². The number of ether oxygens (including phenoxy) is 1. The second-order valence-corrected chi connectivity index (χ2v) is 10.0. The van der Waals surface area contributed by atoms with Crippen LogP contribution >= 0.6 is 22.9 Å². The van der Waals surface area contributed by atoms with Gasteiger partial charge in [-0.2, -0.15) is 0 Å². The van der Waals surface area contributed by atoms with E-state index in [4.69, 9.17) is 21.4 Å². The molecule has 3 N–H and O–H groups in total. The number of aliphatic hydroxyl groups excluding tert-OH is 1. The Bertz CT molecular complexity index is 1140. The summed E-state index contributed by atoms with van der Waals surface area (Å²) in [5, 5.41) is 25.1. The van der Waals surface area contributed by atoms with Crippen LogP contribution in [0.1, 0.15) is 48.5 Å². The summed E-state index contributed by atoms with van der Waals surface area (Å²) in [7, 11) is 0. The first-order valence-corrected chi connectivity index (χ1v) is 12.1. The Labute approximate surface area is 207 Å². The molecule has 0 spiro atoms. The van der Waals surface area contributed by atoms with Crippen molar-refractivity contribution in [1.29, 1.82) is 0 Å². The average molecular weight is 507 g/mol. The van der Waals surface area contributed by atoms with E-state index < -0.39 is 17.9 Å². The third kappa shape index (κ3) is 7.07. The zero-order chi connectivity index (χ0) is 24.9. The number of benzene rings is 2. The maximum absolute atomic E-state index is 13.7. The molecule has 182 valence electrons. The fourth-order valence-electron chi connectivity index (χ4n) is 3.56. The number of thiazole rings is 1. The molecular weight excluding hydrogens is 479 g/mol. The quantitative estimate of drug-likeness (QED) is 0.325. The van der Waals surface area contributed by atoms with Gasteiger partial charge in [0.05, 0.1) is 23.8 Å². The van der Waals surface area contributed by atoms with E-state index in [0.717, 1.165) is 16.7 Å². The summed E-state index contributed by atoms with van der Waals surface area (Å²) in [5.74, 6) is -1.52. The first kappa shape index (κ1) is 26.2. The van der Waals surface area contributed by atoms with Crippen LogP contribution in [0.15, 0.2) is 47.8 Å². The third-order valence-corrected chi connectivity index (χ3v) is 6.52. The molecule has 3 rings (SSSR count). The number of hydrogen-bond acceptors (Lipinski definition) is 6. The predicted octanol–water partition coefficient (Wildman–Crippen LogP) is 5.35. The standard InChI is InChI=1S/C25H28ClFN2O4S/c1-15(18-6-4-5-7-19(18)23-29-22(14-34-23)24(31)32)33-13-17(30)12-28-25(2,3)11-16-8-9-20(26)21(27)10-16/h4-10,14-15,17,28,30H,11-13H2,1-3H3,(H,31,32)/t15-,17-/m1/s1. The van der Waals surface area contributed by atoms with Crippen LogP contribution in [0.4, 0.5) is 4.39 Å². The summed E-state index contributed by atoms with van der Waals surface area (Å²) in [6.07, 6.45) is -0.535. The van der Waals surface area contributed by atoms with Crippen LogP contribution in [0.3, 0.4) is 0 Å². The highest BCUT2D eigenvalue weighted by atomic mass is 35.5. The van der Waals surface area contributed by atoms with Crippen molar-refractivity contribution in [1.82, 2.24) is 10.3 Å². The van der Waals surface area contributed by atoms with Gasteiger partial charge in [0.25, 0.3) is 0 Å². The van der Waals surface area contributed by atoms with Gasteiger partial charge in [0, 0.05) is 23.0 Å². The number of β-amino-alcohol motifs (C(OH)–C–C–N with tert-alkyl or cyclic N) is 1. The van der Waals surface area contributed by atoms with Crippen molar-refractivity contribution in [2.75, 3.05) is 13.2 Å². The number of carboxylic acids is 1. The van der Waals surface area contributed by atoms with E-state index in [-0.39, 0.29) is 29.0 Å². The van der Waals surface area contributed by atoms with Crippen molar-refractivity contribution in [3.63, 3.8) is 0 Å². The molecular formula is C25H28ClFN2O4S. The number of aliphatic hydroxyl groups is 1. The number of hydrogen-bond donors (Lipinski definition) is 3. The summed E-state index contributed by atoms with van der Waals surface area (Å²) < 4.78 is 19.6. The van der Waals surface area contributed by atoms with Gasteiger partial charge in [0.15, 0.2) is 5.69 Å². The van der Waals surface area contributed by atoms with E-state index in [1.165, 1.54) is 22.8 Å². The monoisotopic (exact) mass is 506 g/mol. The van der Waals surface area contributed by atoms with E-state index in [2.05, 4.69) is 10.3 Å². The first-order valence-electron chi connectivity index (χ1n) is 10.8. The summed E-state index contributed by atoms with van der Waals surface area (Å²) in [6, 6.07) is 12.3. The lowest BCUT2D eigenvalue weighted by Crippen LogP contribution is -2.46. The van der Waals surface area contributed by atoms with Gasteiger partial charge in [0.2, 0.25) is 0 Å². The topological polar surface area (TPSA) is 91.7 Å². The molecule has 0 saturated carbocycles. The maximum Gasteiger partial charge on any atom is 0.355 e. The Morgan fingerprint density at radius 2 is 2.03 bits per heavy atom. The first-order chi connectivity index (χ1) is 16.1. The van der Waals surface area contributed by atoms with Gasteiger partial charge in [-0.1, -0.05) is 41.9 Å². The summed E-state index contributed by atoms with van der Waals surface area (Å²) in [5.41, 5.74) is 2.10. The number of rotatable bonds is 11. The number of carboxylic acid groups (broad SMARTS) is 1. The molecule has 0 fully saturated rings. The van der Waals surface area contributed by atoms with Crippen molar-refractivity contribution in [2.24, 2.45) is 0 Å². The van der Waals surface area contributed by atoms with Crippen LogP contribution in [0, 0.1) is 5.82 Å². The molecule has 0 unspecified atom stereocenters. The minimum atomic E-state index is -1.07. The van der Waals surface area contributed by atoms with Crippen LogP contribution in [0.5, 0.6) is 0 Å². The van der Waals surface area contributed by atoms with E-state index in [1.54, 1.807) is 12.1 Å². The number of nitrogens with zero attached hydrogens (tertiary/aromatic N) is 1. The third-order valence-electron chi connectivity index (χ3n) is 5.34. The predicted molar refractivity (Wildman–Crippen MR) is 132 cm³/mol. The summed E-state index contributed by atoms with van der Waals surface area (Å²) in [6.45, 7) is 6.23. The van der Waals surface area contributed by atoms with Crippen molar-refractivity contribution >= 4 is 28.9 Å². The molecule has 34 heavy (non-hydrogen) atoms. The Balaban J connectivity index is 1.55. The molecule has 0 amide bonds. The molecule has 0 aliphatic carbocycles. The molecule has 0 bridgehead atoms. The molecule has 1 aromatic heterocycles. The number of aromatic nitrogens is 1. The maximum atomic E-state index is 13.7. The van der Waals surface area contributed by atoms with Crippen LogP contribution in [0.25, 0.3) is 10.6 Å². The second kappa shape index (κ2) is 11.4. The molecule has 0 radical (unpaired) electrons. The summed E-state index contributed by atoms with van der Waals surface area (Å²) in [4.78, 5) is 15.4. The normalized spacial score (nSPS) is 13.6. The highest BCUT2D eigenvalue weighted by molar-refractivity contribution is 7.13. The Morgan fingerprint density at radius 1 is 1.29 bits per heavy atom. The van der Waals surface area contributed by atoms with Gasteiger partial charge in [0.1, 0.15) is 10.8 Å². The van der Waals surface area contributed by atoms with Crippen molar-refractivity contribution in [3.05, 3.63) is 75.5 Å². The number of aromatic carboxylic acids is 1. The smallest absolute Gasteiger partial charge is 0.355 e. The highest BCUT2D eigenvalue weighted by Crippen LogP contribution is 2.32. The minimum absolute atomic E-state index is 0.00817. The van der Waals surface area contributed by atoms with Gasteiger partial charge < -0.3 is 20.3 Å². The molecule has 0 saturated heterocycles. The fraction of sp³-hybridized carbons (Fsp3) is 0.360. The Morgan fingerprint density at radius 3 is 2.71 bits per heavy atom. The average Bonchev–Trinajstić information content (AvgIpc) is 3.29. The van der Waals surface area contributed by atoms with E-state index in [9.17, 15) is 14.3 Å². The van der Waals surface area contributed by atoms with Crippen molar-refractivity contribution < 1.29 is 24.1 Å². The molecule has 2 atom stereocenters. The van der Waals surface area contributed by atoms with Crippen LogP contribution < -0.4 is 5.32 Å². The number of halogens is 2.